The van der Waals surface area contributed by atoms with Crippen LogP contribution in [0.1, 0.15) is 20.7 Å². The molecule has 0 N–H and O–H groups in total. The highest BCUT2D eigenvalue weighted by Crippen LogP contribution is 2.11. The minimum Gasteiger partial charge on any atom is -0.285 e. The van der Waals surface area contributed by atoms with Crippen LogP contribution >= 0.6 is 0 Å². The zero-order chi connectivity index (χ0) is 13.8. The van der Waals surface area contributed by atoms with Crippen molar-refractivity contribution in [1.29, 1.82) is 0 Å². The minimum atomic E-state index is -1.09. The SMILES string of the molecule is CS(=O)c1ccc(C(=O)C(=O)c2ccccc2)cc1. The predicted octanol–water partition coefficient (Wildman–Crippen LogP) is 2.49. The molecule has 0 bridgehead atoms. The van der Waals surface area contributed by atoms with Gasteiger partial charge in [0.15, 0.2) is 0 Å². The molecule has 0 aliphatic heterocycles. The summed E-state index contributed by atoms with van der Waals surface area (Å²) in [5, 5.41) is 0. The Balaban J connectivity index is 2.25. The lowest BCUT2D eigenvalue weighted by molar-refractivity contribution is 0.0817. The fourth-order valence-electron chi connectivity index (χ4n) is 1.65. The van der Waals surface area contributed by atoms with E-state index in [-0.39, 0.29) is 0 Å². The van der Waals surface area contributed by atoms with Crippen LogP contribution in [0.2, 0.25) is 0 Å². The second-order valence-electron chi connectivity index (χ2n) is 4.00. The summed E-state index contributed by atoms with van der Waals surface area (Å²) < 4.78 is 11.2. The number of rotatable bonds is 4. The average Bonchev–Trinajstić information content (AvgIpc) is 2.46. The Labute approximate surface area is 113 Å². The topological polar surface area (TPSA) is 51.2 Å². The molecular weight excluding hydrogens is 260 g/mol. The normalized spacial score (nSPS) is 11.8. The molecule has 19 heavy (non-hydrogen) atoms. The maximum Gasteiger partial charge on any atom is 0.233 e. The standard InChI is InChI=1S/C15H12O3S/c1-19(18)13-9-7-12(8-10-13)15(17)14(16)11-5-3-2-4-6-11/h2-10H,1H3. The Morgan fingerprint density at radius 2 is 1.26 bits per heavy atom. The van der Waals surface area contributed by atoms with Gasteiger partial charge in [0.1, 0.15) is 0 Å². The van der Waals surface area contributed by atoms with E-state index in [2.05, 4.69) is 0 Å². The van der Waals surface area contributed by atoms with Crippen molar-refractivity contribution in [3.8, 4) is 0 Å². The van der Waals surface area contributed by atoms with Crippen LogP contribution in [0.15, 0.2) is 59.5 Å². The highest BCUT2D eigenvalue weighted by atomic mass is 32.2. The summed E-state index contributed by atoms with van der Waals surface area (Å²) in [4.78, 5) is 24.6. The van der Waals surface area contributed by atoms with Gasteiger partial charge in [0.2, 0.25) is 11.6 Å². The molecule has 3 nitrogen and oxygen atoms in total. The molecule has 2 rings (SSSR count). The molecule has 0 saturated carbocycles. The molecule has 0 fully saturated rings. The van der Waals surface area contributed by atoms with Gasteiger partial charge in [0, 0.05) is 33.1 Å². The summed E-state index contributed by atoms with van der Waals surface area (Å²) in [7, 11) is -1.09. The Hall–Kier alpha value is -2.07. The molecule has 1 unspecified atom stereocenters. The quantitative estimate of drug-likeness (QED) is 0.634. The number of carbonyl (C=O) groups excluding carboxylic acids is 2. The van der Waals surface area contributed by atoms with E-state index in [4.69, 9.17) is 0 Å². The molecule has 96 valence electrons. The lowest BCUT2D eigenvalue weighted by atomic mass is 10.0. The average molecular weight is 272 g/mol. The van der Waals surface area contributed by atoms with Crippen LogP contribution in [0, 0.1) is 0 Å². The Kier molecular flexibility index (Phi) is 4.02. The Morgan fingerprint density at radius 3 is 1.74 bits per heavy atom. The minimum absolute atomic E-state index is 0.308. The molecule has 0 spiro atoms. The van der Waals surface area contributed by atoms with Crippen molar-refractivity contribution in [2.24, 2.45) is 0 Å². The van der Waals surface area contributed by atoms with Gasteiger partial charge in [-0.05, 0) is 24.3 Å². The summed E-state index contributed by atoms with van der Waals surface area (Å²) in [5.74, 6) is -1.09. The van der Waals surface area contributed by atoms with Gasteiger partial charge in [-0.1, -0.05) is 30.3 Å². The first-order chi connectivity index (χ1) is 9.09. The predicted molar refractivity (Wildman–Crippen MR) is 73.9 cm³/mol. The third-order valence-electron chi connectivity index (χ3n) is 2.69. The molecule has 1 atom stereocenters. The van der Waals surface area contributed by atoms with Crippen LogP contribution in [0.5, 0.6) is 0 Å². The molecule has 0 aliphatic rings. The fraction of sp³-hybridized carbons (Fsp3) is 0.0667. The van der Waals surface area contributed by atoms with Crippen LogP contribution in [0.4, 0.5) is 0 Å². The van der Waals surface area contributed by atoms with E-state index in [1.165, 1.54) is 12.1 Å². The Morgan fingerprint density at radius 1 is 0.789 bits per heavy atom. The maximum atomic E-state index is 12.0. The van der Waals surface area contributed by atoms with E-state index in [9.17, 15) is 13.8 Å². The van der Waals surface area contributed by atoms with Crippen molar-refractivity contribution >= 4 is 22.4 Å². The van der Waals surface area contributed by atoms with Crippen molar-refractivity contribution in [2.45, 2.75) is 4.90 Å². The zero-order valence-corrected chi connectivity index (χ0v) is 11.1. The van der Waals surface area contributed by atoms with Gasteiger partial charge in [0.05, 0.1) is 0 Å². The lowest BCUT2D eigenvalue weighted by Crippen LogP contribution is -2.14. The van der Waals surface area contributed by atoms with Crippen LogP contribution < -0.4 is 0 Å². The lowest BCUT2D eigenvalue weighted by Gasteiger charge is -2.02. The van der Waals surface area contributed by atoms with Crippen molar-refractivity contribution in [2.75, 3.05) is 6.26 Å². The Bertz CT molecular complexity index is 630. The van der Waals surface area contributed by atoms with Gasteiger partial charge in [0.25, 0.3) is 0 Å². The van der Waals surface area contributed by atoms with Crippen molar-refractivity contribution in [3.63, 3.8) is 0 Å². The summed E-state index contributed by atoms with van der Waals surface area (Å²) in [6, 6.07) is 14.7. The van der Waals surface area contributed by atoms with Crippen LogP contribution in [0.3, 0.4) is 0 Å². The fourth-order valence-corrected chi connectivity index (χ4v) is 2.17. The first-order valence-electron chi connectivity index (χ1n) is 5.67. The highest BCUT2D eigenvalue weighted by molar-refractivity contribution is 7.84. The molecular formula is C15H12O3S. The monoisotopic (exact) mass is 272 g/mol. The largest absolute Gasteiger partial charge is 0.285 e. The van der Waals surface area contributed by atoms with Gasteiger partial charge in [-0.2, -0.15) is 0 Å². The van der Waals surface area contributed by atoms with Crippen molar-refractivity contribution in [1.82, 2.24) is 0 Å². The first-order valence-corrected chi connectivity index (χ1v) is 7.23. The zero-order valence-electron chi connectivity index (χ0n) is 10.3. The summed E-state index contributed by atoms with van der Waals surface area (Å²) in [5.41, 5.74) is 0.679. The molecule has 0 amide bonds. The summed E-state index contributed by atoms with van der Waals surface area (Å²) >= 11 is 0. The number of hydrogen-bond acceptors (Lipinski definition) is 3. The third-order valence-corrected chi connectivity index (χ3v) is 3.63. The molecule has 0 radical (unpaired) electrons. The van der Waals surface area contributed by atoms with E-state index in [1.807, 2.05) is 0 Å². The molecule has 0 saturated heterocycles. The number of ketones is 2. The molecule has 4 heteroatoms. The number of Topliss-reactive ketones (excluding diaryl/α,β-unsaturated/α-hetero) is 2. The van der Waals surface area contributed by atoms with Crippen molar-refractivity contribution in [3.05, 3.63) is 65.7 Å². The maximum absolute atomic E-state index is 12.0. The van der Waals surface area contributed by atoms with Gasteiger partial charge < -0.3 is 0 Å². The molecule has 0 aromatic heterocycles. The first kappa shape index (κ1) is 13.4. The highest BCUT2D eigenvalue weighted by Gasteiger charge is 2.17. The van der Waals surface area contributed by atoms with E-state index >= 15 is 0 Å². The molecule has 0 aliphatic carbocycles. The van der Waals surface area contributed by atoms with Crippen LogP contribution in [0.25, 0.3) is 0 Å². The molecule has 2 aromatic carbocycles. The second kappa shape index (κ2) is 5.71. The van der Waals surface area contributed by atoms with Gasteiger partial charge >= 0.3 is 0 Å². The molecule has 2 aromatic rings. The molecule has 0 heterocycles. The third kappa shape index (κ3) is 3.03. The summed E-state index contributed by atoms with van der Waals surface area (Å²) in [6.45, 7) is 0. The van der Waals surface area contributed by atoms with E-state index in [1.54, 1.807) is 48.7 Å². The van der Waals surface area contributed by atoms with E-state index in [0.717, 1.165) is 0 Å². The van der Waals surface area contributed by atoms with Crippen LogP contribution in [-0.4, -0.2) is 22.0 Å². The van der Waals surface area contributed by atoms with Gasteiger partial charge in [-0.25, -0.2) is 0 Å². The summed E-state index contributed by atoms with van der Waals surface area (Å²) in [6.07, 6.45) is 1.56. The van der Waals surface area contributed by atoms with Crippen molar-refractivity contribution < 1.29 is 13.8 Å². The van der Waals surface area contributed by atoms with Crippen LogP contribution in [-0.2, 0) is 10.8 Å². The van der Waals surface area contributed by atoms with E-state index in [0.29, 0.717) is 16.0 Å². The number of benzene rings is 2. The number of hydrogen-bond donors (Lipinski definition) is 0. The van der Waals surface area contributed by atoms with E-state index < -0.39 is 22.4 Å². The van der Waals surface area contributed by atoms with Gasteiger partial charge in [-0.15, -0.1) is 0 Å². The number of carbonyl (C=O) groups is 2. The van der Waals surface area contributed by atoms with Gasteiger partial charge in [-0.3, -0.25) is 13.8 Å². The second-order valence-corrected chi connectivity index (χ2v) is 5.38. The smallest absolute Gasteiger partial charge is 0.233 e.